The van der Waals surface area contributed by atoms with Crippen molar-refractivity contribution >= 4 is 23.2 Å². The number of ether oxygens (including phenoxy) is 1. The number of alkyl halides is 5. The van der Waals surface area contributed by atoms with Gasteiger partial charge in [0, 0.05) is 0 Å². The van der Waals surface area contributed by atoms with E-state index in [1.165, 1.54) is 0 Å². The standard InChI is InChI=1S/C4H5Cl2F3O2/c5-2(7)1-11-3(10)4(6,8)9/h2-3,10H,1H2. The lowest BCUT2D eigenvalue weighted by Gasteiger charge is -2.15. The van der Waals surface area contributed by atoms with E-state index in [1.54, 1.807) is 0 Å². The van der Waals surface area contributed by atoms with Crippen molar-refractivity contribution in [3.05, 3.63) is 0 Å². The second-order valence-electron chi connectivity index (χ2n) is 1.62. The van der Waals surface area contributed by atoms with E-state index < -0.39 is 23.9 Å². The summed E-state index contributed by atoms with van der Waals surface area (Å²) in [5, 5.41) is 4.38. The van der Waals surface area contributed by atoms with Crippen molar-refractivity contribution in [2.45, 2.75) is 17.3 Å². The highest BCUT2D eigenvalue weighted by atomic mass is 35.5. The van der Waals surface area contributed by atoms with Gasteiger partial charge in [0.2, 0.25) is 6.29 Å². The zero-order valence-corrected chi connectivity index (χ0v) is 6.62. The zero-order valence-electron chi connectivity index (χ0n) is 5.11. The Morgan fingerprint density at radius 2 is 2.00 bits per heavy atom. The Hall–Kier alpha value is 0.290. The highest BCUT2D eigenvalue weighted by molar-refractivity contribution is 6.22. The molecule has 0 heterocycles. The average Bonchev–Trinajstić information content (AvgIpc) is 1.80. The molecule has 1 N–H and O–H groups in total. The summed E-state index contributed by atoms with van der Waals surface area (Å²) < 4.78 is 39.1. The molecule has 0 aromatic rings. The van der Waals surface area contributed by atoms with Gasteiger partial charge < -0.3 is 9.84 Å². The molecule has 0 aromatic heterocycles. The summed E-state index contributed by atoms with van der Waals surface area (Å²) in [6, 6.07) is 0. The summed E-state index contributed by atoms with van der Waals surface area (Å²) in [5.41, 5.74) is -1.94. The van der Waals surface area contributed by atoms with Crippen LogP contribution in [0.3, 0.4) is 0 Å². The van der Waals surface area contributed by atoms with Gasteiger partial charge in [-0.25, -0.2) is 4.39 Å². The molecule has 0 rings (SSSR count). The molecule has 2 atom stereocenters. The van der Waals surface area contributed by atoms with Gasteiger partial charge in [0.15, 0.2) is 5.63 Å². The topological polar surface area (TPSA) is 29.5 Å². The quantitative estimate of drug-likeness (QED) is 0.568. The minimum atomic E-state index is -3.92. The van der Waals surface area contributed by atoms with Crippen LogP contribution >= 0.6 is 23.2 Å². The minimum Gasteiger partial charge on any atom is -0.362 e. The molecule has 11 heavy (non-hydrogen) atoms. The molecule has 0 saturated heterocycles. The minimum absolute atomic E-state index is 0.842. The molecule has 0 aliphatic rings. The maximum atomic E-state index is 11.8. The SMILES string of the molecule is OC(OCC(F)Cl)C(F)(F)Cl. The highest BCUT2D eigenvalue weighted by Crippen LogP contribution is 2.24. The number of hydrogen-bond acceptors (Lipinski definition) is 2. The van der Waals surface area contributed by atoms with E-state index in [-0.39, 0.29) is 0 Å². The number of rotatable bonds is 4. The van der Waals surface area contributed by atoms with E-state index in [2.05, 4.69) is 27.9 Å². The molecule has 0 aliphatic heterocycles. The first kappa shape index (κ1) is 11.3. The molecule has 0 radical (unpaired) electrons. The van der Waals surface area contributed by atoms with E-state index in [0.29, 0.717) is 0 Å². The van der Waals surface area contributed by atoms with Gasteiger partial charge in [0.05, 0.1) is 6.61 Å². The fourth-order valence-corrected chi connectivity index (χ4v) is 0.394. The lowest BCUT2D eigenvalue weighted by Crippen LogP contribution is -2.31. The van der Waals surface area contributed by atoms with Crippen molar-refractivity contribution in [2.75, 3.05) is 6.61 Å². The molecule has 0 saturated carbocycles. The van der Waals surface area contributed by atoms with Gasteiger partial charge in [-0.1, -0.05) is 11.6 Å². The van der Waals surface area contributed by atoms with Gasteiger partial charge in [-0.2, -0.15) is 8.78 Å². The summed E-state index contributed by atoms with van der Waals surface area (Å²) in [6.07, 6.45) is -2.54. The molecule has 0 fully saturated rings. The van der Waals surface area contributed by atoms with Crippen molar-refractivity contribution in [1.82, 2.24) is 0 Å². The largest absolute Gasteiger partial charge is 0.371 e. The van der Waals surface area contributed by atoms with E-state index in [4.69, 9.17) is 5.11 Å². The van der Waals surface area contributed by atoms with Crippen molar-refractivity contribution in [3.63, 3.8) is 0 Å². The maximum Gasteiger partial charge on any atom is 0.371 e. The lowest BCUT2D eigenvalue weighted by molar-refractivity contribution is -0.198. The first-order chi connectivity index (χ1) is 4.84. The van der Waals surface area contributed by atoms with Gasteiger partial charge in [-0.15, -0.1) is 0 Å². The van der Waals surface area contributed by atoms with Gasteiger partial charge in [0.25, 0.3) is 0 Å². The molecule has 0 amide bonds. The summed E-state index contributed by atoms with van der Waals surface area (Å²) in [5.74, 6) is 0. The summed E-state index contributed by atoms with van der Waals surface area (Å²) in [4.78, 5) is 0. The second kappa shape index (κ2) is 4.35. The molecule has 7 heteroatoms. The number of aliphatic hydroxyl groups excluding tert-OH is 1. The van der Waals surface area contributed by atoms with Gasteiger partial charge in [-0.05, 0) is 11.6 Å². The zero-order chi connectivity index (χ0) is 9.07. The van der Waals surface area contributed by atoms with Crippen LogP contribution in [0.15, 0.2) is 0 Å². The first-order valence-corrected chi connectivity index (χ1v) is 3.30. The van der Waals surface area contributed by atoms with E-state index in [1.807, 2.05) is 0 Å². The predicted molar refractivity (Wildman–Crippen MR) is 33.5 cm³/mol. The Labute approximate surface area is 70.8 Å². The number of halogens is 5. The normalized spacial score (nSPS) is 18.0. The van der Waals surface area contributed by atoms with Crippen LogP contribution in [0, 0.1) is 0 Å². The summed E-state index contributed by atoms with van der Waals surface area (Å²) in [6.45, 7) is -0.842. The van der Waals surface area contributed by atoms with Crippen LogP contribution < -0.4 is 0 Å². The molecule has 0 aromatic carbocycles. The Kier molecular flexibility index (Phi) is 4.46. The fraction of sp³-hybridized carbons (Fsp3) is 1.00. The van der Waals surface area contributed by atoms with E-state index in [9.17, 15) is 13.2 Å². The van der Waals surface area contributed by atoms with Crippen molar-refractivity contribution in [2.24, 2.45) is 0 Å². The molecule has 0 spiro atoms. The smallest absolute Gasteiger partial charge is 0.362 e. The molecule has 68 valence electrons. The second-order valence-corrected chi connectivity index (χ2v) is 2.60. The third-order valence-corrected chi connectivity index (χ3v) is 0.973. The van der Waals surface area contributed by atoms with Gasteiger partial charge in [-0.3, -0.25) is 0 Å². The Bertz CT molecular complexity index is 116. The number of aliphatic hydroxyl groups is 1. The molecule has 2 unspecified atom stereocenters. The number of hydrogen-bond donors (Lipinski definition) is 1. The van der Waals surface area contributed by atoms with E-state index >= 15 is 0 Å². The average molecular weight is 213 g/mol. The third-order valence-electron chi connectivity index (χ3n) is 0.660. The maximum absolute atomic E-state index is 11.8. The lowest BCUT2D eigenvalue weighted by atomic mass is 10.6. The van der Waals surface area contributed by atoms with Crippen LogP contribution in [0.5, 0.6) is 0 Å². The fourth-order valence-electron chi connectivity index (χ4n) is 0.258. The van der Waals surface area contributed by atoms with E-state index in [0.717, 1.165) is 0 Å². The Morgan fingerprint density at radius 1 is 1.55 bits per heavy atom. The molecular formula is C4H5Cl2F3O2. The third kappa shape index (κ3) is 5.55. The van der Waals surface area contributed by atoms with Crippen molar-refractivity contribution in [3.8, 4) is 0 Å². The van der Waals surface area contributed by atoms with Gasteiger partial charge in [0.1, 0.15) is 0 Å². The summed E-state index contributed by atoms with van der Waals surface area (Å²) >= 11 is 8.97. The van der Waals surface area contributed by atoms with Crippen LogP contribution in [0.4, 0.5) is 13.2 Å². The van der Waals surface area contributed by atoms with Crippen LogP contribution in [0.25, 0.3) is 0 Å². The van der Waals surface area contributed by atoms with Crippen molar-refractivity contribution < 1.29 is 23.0 Å². The van der Waals surface area contributed by atoms with Crippen LogP contribution in [0.2, 0.25) is 0 Å². The predicted octanol–water partition coefficient (Wildman–Crippen LogP) is 1.69. The van der Waals surface area contributed by atoms with Crippen LogP contribution in [-0.4, -0.2) is 29.0 Å². The highest BCUT2D eigenvalue weighted by Gasteiger charge is 2.36. The molecular weight excluding hydrogens is 208 g/mol. The molecule has 0 bridgehead atoms. The molecule has 2 nitrogen and oxygen atoms in total. The van der Waals surface area contributed by atoms with Gasteiger partial charge >= 0.3 is 5.38 Å². The Balaban J connectivity index is 3.61. The summed E-state index contributed by atoms with van der Waals surface area (Å²) in [7, 11) is 0. The van der Waals surface area contributed by atoms with Crippen molar-refractivity contribution in [1.29, 1.82) is 0 Å². The van der Waals surface area contributed by atoms with Crippen LogP contribution in [0.1, 0.15) is 0 Å². The Morgan fingerprint density at radius 3 is 2.27 bits per heavy atom. The van der Waals surface area contributed by atoms with Crippen LogP contribution in [-0.2, 0) is 4.74 Å². The molecule has 0 aliphatic carbocycles. The monoisotopic (exact) mass is 212 g/mol. The first-order valence-electron chi connectivity index (χ1n) is 2.48.